The number of rotatable bonds is 0. The number of ether oxygens (including phenoxy) is 2. The molecule has 0 N–H and O–H groups in total. The molecule has 1 saturated carbocycles. The zero-order valence-corrected chi connectivity index (χ0v) is 11.1. The van der Waals surface area contributed by atoms with Gasteiger partial charge in [-0.15, -0.1) is 0 Å². The summed E-state index contributed by atoms with van der Waals surface area (Å²) in [5.74, 6) is -0.378. The summed E-state index contributed by atoms with van der Waals surface area (Å²) in [7, 11) is 0. The summed E-state index contributed by atoms with van der Waals surface area (Å²) >= 11 is 3.23. The molecule has 2 fully saturated rings. The van der Waals surface area contributed by atoms with E-state index in [2.05, 4.69) is 43.3 Å². The van der Waals surface area contributed by atoms with Crippen molar-refractivity contribution in [1.82, 2.24) is 0 Å². The van der Waals surface area contributed by atoms with Crippen LogP contribution in [0.1, 0.15) is 34.1 Å². The Morgan fingerprint density at radius 3 is 1.93 bits per heavy atom. The SMILES string of the molecule is CC1(C)CC2(OCCO2)C(C)(C)C1=[Se]. The summed E-state index contributed by atoms with van der Waals surface area (Å²) in [6.45, 7) is 10.4. The zero-order chi connectivity index (χ0) is 10.6. The van der Waals surface area contributed by atoms with Gasteiger partial charge in [0.2, 0.25) is 0 Å². The molecule has 1 saturated heterocycles. The van der Waals surface area contributed by atoms with Crippen molar-refractivity contribution in [2.45, 2.75) is 39.9 Å². The molecule has 0 aromatic rings. The second-order valence-electron chi connectivity index (χ2n) is 5.46. The van der Waals surface area contributed by atoms with Crippen LogP contribution in [0.25, 0.3) is 0 Å². The third-order valence-corrected chi connectivity index (χ3v) is 5.79. The zero-order valence-electron chi connectivity index (χ0n) is 9.35. The van der Waals surface area contributed by atoms with E-state index in [0.29, 0.717) is 0 Å². The maximum absolute atomic E-state index is 5.86. The molecular weight excluding hydrogens is 243 g/mol. The van der Waals surface area contributed by atoms with Crippen molar-refractivity contribution in [2.24, 2.45) is 10.8 Å². The van der Waals surface area contributed by atoms with Crippen LogP contribution in [0.5, 0.6) is 0 Å². The molecule has 0 aromatic heterocycles. The van der Waals surface area contributed by atoms with Crippen LogP contribution in [-0.2, 0) is 9.47 Å². The maximum atomic E-state index is 5.86. The van der Waals surface area contributed by atoms with Gasteiger partial charge in [0, 0.05) is 0 Å². The van der Waals surface area contributed by atoms with E-state index in [9.17, 15) is 0 Å². The van der Waals surface area contributed by atoms with Crippen LogP contribution in [0.2, 0.25) is 0 Å². The van der Waals surface area contributed by atoms with Gasteiger partial charge in [-0.25, -0.2) is 0 Å². The van der Waals surface area contributed by atoms with Crippen LogP contribution >= 0.6 is 0 Å². The Bertz CT molecular complexity index is 275. The fraction of sp³-hybridized carbons (Fsp3) is 0.909. The average Bonchev–Trinajstić information content (AvgIpc) is 2.55. The van der Waals surface area contributed by atoms with Crippen molar-refractivity contribution in [2.75, 3.05) is 13.2 Å². The summed E-state index contributed by atoms with van der Waals surface area (Å²) in [4.78, 5) is 0. The van der Waals surface area contributed by atoms with E-state index in [-0.39, 0.29) is 16.6 Å². The Morgan fingerprint density at radius 1 is 1.07 bits per heavy atom. The normalized spacial score (nSPS) is 32.7. The molecule has 1 aliphatic heterocycles. The second kappa shape index (κ2) is 2.91. The first-order valence-corrected chi connectivity index (χ1v) is 6.00. The monoisotopic (exact) mass is 262 g/mol. The van der Waals surface area contributed by atoms with Crippen LogP contribution in [0, 0.1) is 10.8 Å². The predicted octanol–water partition coefficient (Wildman–Crippen LogP) is 1.53. The van der Waals surface area contributed by atoms with Crippen LogP contribution in [0.15, 0.2) is 0 Å². The Kier molecular flexibility index (Phi) is 2.25. The molecule has 14 heavy (non-hydrogen) atoms. The average molecular weight is 261 g/mol. The van der Waals surface area contributed by atoms with Crippen molar-refractivity contribution in [3.63, 3.8) is 0 Å². The summed E-state index contributed by atoms with van der Waals surface area (Å²) in [6, 6.07) is 0. The molecule has 3 heteroatoms. The number of hydrogen-bond donors (Lipinski definition) is 0. The number of hydrogen-bond acceptors (Lipinski definition) is 2. The quantitative estimate of drug-likeness (QED) is 0.616. The predicted molar refractivity (Wildman–Crippen MR) is 57.6 cm³/mol. The minimum atomic E-state index is -0.378. The molecule has 0 atom stereocenters. The first kappa shape index (κ1) is 10.8. The van der Waals surface area contributed by atoms with Gasteiger partial charge in [0.25, 0.3) is 0 Å². The molecular formula is C11H18O2Se. The third-order valence-electron chi connectivity index (χ3n) is 3.56. The Morgan fingerprint density at radius 2 is 1.57 bits per heavy atom. The standard InChI is InChI=1S/C11H18O2Se/c1-9(2)7-11(12-5-6-13-11)10(3,4)8(9)14/h5-7H2,1-4H3. The van der Waals surface area contributed by atoms with Gasteiger partial charge in [-0.3, -0.25) is 0 Å². The Hall–Kier alpha value is 0.309. The molecule has 0 amide bonds. The Balaban J connectivity index is 2.42. The van der Waals surface area contributed by atoms with Gasteiger partial charge in [-0.1, -0.05) is 0 Å². The first-order valence-electron chi connectivity index (χ1n) is 5.15. The van der Waals surface area contributed by atoms with E-state index in [1.807, 2.05) is 0 Å². The summed E-state index contributed by atoms with van der Waals surface area (Å²) in [5, 5.41) is 0. The van der Waals surface area contributed by atoms with Crippen LogP contribution in [-0.4, -0.2) is 39.0 Å². The molecule has 1 aliphatic carbocycles. The van der Waals surface area contributed by atoms with Crippen molar-refractivity contribution in [3.8, 4) is 0 Å². The summed E-state index contributed by atoms with van der Waals surface area (Å²) in [6.07, 6.45) is 0.954. The van der Waals surface area contributed by atoms with Gasteiger partial charge >= 0.3 is 93.4 Å². The van der Waals surface area contributed by atoms with Gasteiger partial charge in [-0.2, -0.15) is 0 Å². The van der Waals surface area contributed by atoms with Crippen molar-refractivity contribution in [3.05, 3.63) is 0 Å². The first-order chi connectivity index (χ1) is 6.32. The summed E-state index contributed by atoms with van der Waals surface area (Å²) < 4.78 is 13.1. The van der Waals surface area contributed by atoms with Crippen LogP contribution in [0.3, 0.4) is 0 Å². The molecule has 0 radical (unpaired) electrons. The molecule has 80 valence electrons. The van der Waals surface area contributed by atoms with Gasteiger partial charge in [0.1, 0.15) is 0 Å². The van der Waals surface area contributed by atoms with E-state index in [1.165, 1.54) is 4.42 Å². The molecule has 1 heterocycles. The van der Waals surface area contributed by atoms with E-state index in [0.717, 1.165) is 19.6 Å². The van der Waals surface area contributed by atoms with Gasteiger partial charge < -0.3 is 0 Å². The molecule has 0 aromatic carbocycles. The van der Waals surface area contributed by atoms with E-state index < -0.39 is 0 Å². The molecule has 2 rings (SSSR count). The van der Waals surface area contributed by atoms with Gasteiger partial charge in [0.05, 0.1) is 0 Å². The fourth-order valence-electron chi connectivity index (χ4n) is 2.82. The molecule has 1 spiro atoms. The van der Waals surface area contributed by atoms with Crippen LogP contribution < -0.4 is 0 Å². The second-order valence-corrected chi connectivity index (χ2v) is 6.32. The van der Waals surface area contributed by atoms with Crippen molar-refractivity contribution >= 4 is 20.0 Å². The third kappa shape index (κ3) is 1.19. The van der Waals surface area contributed by atoms with Crippen LogP contribution in [0.4, 0.5) is 0 Å². The topological polar surface area (TPSA) is 18.5 Å². The van der Waals surface area contributed by atoms with E-state index in [1.54, 1.807) is 0 Å². The molecule has 0 unspecified atom stereocenters. The Labute approximate surface area is 93.7 Å². The van der Waals surface area contributed by atoms with Crippen molar-refractivity contribution in [1.29, 1.82) is 0 Å². The van der Waals surface area contributed by atoms with Gasteiger partial charge in [0.15, 0.2) is 0 Å². The van der Waals surface area contributed by atoms with Crippen molar-refractivity contribution < 1.29 is 9.47 Å². The molecule has 2 nitrogen and oxygen atoms in total. The molecule has 0 bridgehead atoms. The van der Waals surface area contributed by atoms with E-state index in [4.69, 9.17) is 9.47 Å². The molecule has 2 aliphatic rings. The van der Waals surface area contributed by atoms with Gasteiger partial charge in [-0.05, 0) is 0 Å². The summed E-state index contributed by atoms with van der Waals surface area (Å²) in [5.41, 5.74) is 0.154. The fourth-order valence-corrected chi connectivity index (χ4v) is 3.30. The van der Waals surface area contributed by atoms with E-state index >= 15 is 0 Å². The minimum absolute atomic E-state index is 0.0208.